The van der Waals surface area contributed by atoms with E-state index in [0.717, 1.165) is 17.1 Å². The average Bonchev–Trinajstić information content (AvgIpc) is 2.96. The standard InChI is InChI=1S/C21H17F3N2O4/c1-12-17(9-14-7-8-18(30-13(2)27)19(10-14)29-3)20(28)26(25-12)16-6-4-5-15(11-16)21(22,23)24/h4-11H,1-3H3/b17-9-. The zero-order valence-corrected chi connectivity index (χ0v) is 16.3. The smallest absolute Gasteiger partial charge is 0.416 e. The van der Waals surface area contributed by atoms with Crippen molar-refractivity contribution < 1.29 is 32.2 Å². The first-order chi connectivity index (χ1) is 14.1. The highest BCUT2D eigenvalue weighted by molar-refractivity contribution is 6.32. The number of benzene rings is 2. The quantitative estimate of drug-likeness (QED) is 0.418. The second kappa shape index (κ2) is 8.02. The van der Waals surface area contributed by atoms with Crippen molar-refractivity contribution in [2.75, 3.05) is 12.1 Å². The Labute approximate surface area is 170 Å². The molecule has 0 aromatic heterocycles. The minimum Gasteiger partial charge on any atom is -0.493 e. The van der Waals surface area contributed by atoms with Gasteiger partial charge in [-0.1, -0.05) is 12.1 Å². The number of anilines is 1. The van der Waals surface area contributed by atoms with E-state index in [2.05, 4.69) is 5.10 Å². The molecule has 2 aromatic rings. The molecule has 0 N–H and O–H groups in total. The van der Waals surface area contributed by atoms with Crippen molar-refractivity contribution in [3.8, 4) is 11.5 Å². The molecule has 6 nitrogen and oxygen atoms in total. The van der Waals surface area contributed by atoms with Crippen LogP contribution in [0, 0.1) is 0 Å². The Kier molecular flexibility index (Phi) is 5.64. The summed E-state index contributed by atoms with van der Waals surface area (Å²) in [5, 5.41) is 5.04. The zero-order chi connectivity index (χ0) is 22.1. The van der Waals surface area contributed by atoms with Crippen LogP contribution in [0.15, 0.2) is 53.1 Å². The maximum atomic E-state index is 13.0. The van der Waals surface area contributed by atoms with E-state index in [9.17, 15) is 22.8 Å². The van der Waals surface area contributed by atoms with Gasteiger partial charge in [-0.3, -0.25) is 9.59 Å². The number of hydrazone groups is 1. The highest BCUT2D eigenvalue weighted by Crippen LogP contribution is 2.34. The van der Waals surface area contributed by atoms with Gasteiger partial charge >= 0.3 is 12.1 Å². The van der Waals surface area contributed by atoms with Crippen LogP contribution < -0.4 is 14.5 Å². The number of halogens is 3. The molecule has 1 amide bonds. The van der Waals surface area contributed by atoms with E-state index in [1.54, 1.807) is 19.1 Å². The molecule has 0 unspecified atom stereocenters. The maximum absolute atomic E-state index is 13.0. The largest absolute Gasteiger partial charge is 0.493 e. The lowest BCUT2D eigenvalue weighted by Crippen LogP contribution is -2.21. The van der Waals surface area contributed by atoms with E-state index in [1.807, 2.05) is 0 Å². The summed E-state index contributed by atoms with van der Waals surface area (Å²) in [6.45, 7) is 2.84. The molecule has 0 atom stereocenters. The number of amides is 1. The summed E-state index contributed by atoms with van der Waals surface area (Å²) in [5.41, 5.74) is 0.269. The van der Waals surface area contributed by atoms with E-state index in [-0.39, 0.29) is 22.8 Å². The molecular formula is C21H17F3N2O4. The van der Waals surface area contributed by atoms with Crippen LogP contribution in [0.5, 0.6) is 11.5 Å². The zero-order valence-electron chi connectivity index (χ0n) is 16.3. The van der Waals surface area contributed by atoms with Crippen molar-refractivity contribution in [1.29, 1.82) is 0 Å². The number of alkyl halides is 3. The SMILES string of the molecule is COc1cc(/C=C2\C(=O)N(c3cccc(C(F)(F)F)c3)N=C2C)ccc1OC(C)=O. The number of rotatable bonds is 4. The van der Waals surface area contributed by atoms with Crippen LogP contribution in [0.2, 0.25) is 0 Å². The maximum Gasteiger partial charge on any atom is 0.416 e. The number of carbonyl (C=O) groups excluding carboxylic acids is 2. The lowest BCUT2D eigenvalue weighted by atomic mass is 10.1. The predicted octanol–water partition coefficient (Wildman–Crippen LogP) is 4.45. The van der Waals surface area contributed by atoms with E-state index < -0.39 is 23.6 Å². The predicted molar refractivity (Wildman–Crippen MR) is 104 cm³/mol. The van der Waals surface area contributed by atoms with Crippen molar-refractivity contribution in [2.45, 2.75) is 20.0 Å². The van der Waals surface area contributed by atoms with Crippen LogP contribution in [0.1, 0.15) is 25.0 Å². The van der Waals surface area contributed by atoms with Gasteiger partial charge in [0.1, 0.15) is 0 Å². The second-order valence-corrected chi connectivity index (χ2v) is 6.41. The summed E-state index contributed by atoms with van der Waals surface area (Å²) < 4.78 is 49.2. The summed E-state index contributed by atoms with van der Waals surface area (Å²) in [6.07, 6.45) is -2.99. The number of hydrogen-bond donors (Lipinski definition) is 0. The fourth-order valence-corrected chi connectivity index (χ4v) is 2.85. The molecular weight excluding hydrogens is 401 g/mol. The van der Waals surface area contributed by atoms with Gasteiger partial charge in [0.05, 0.1) is 29.6 Å². The van der Waals surface area contributed by atoms with Gasteiger partial charge in [-0.05, 0) is 48.9 Å². The van der Waals surface area contributed by atoms with Crippen LogP contribution in [0.4, 0.5) is 18.9 Å². The summed E-state index contributed by atoms with van der Waals surface area (Å²) >= 11 is 0. The third kappa shape index (κ3) is 4.35. The molecule has 9 heteroatoms. The lowest BCUT2D eigenvalue weighted by molar-refractivity contribution is -0.137. The number of esters is 1. The molecule has 0 bridgehead atoms. The second-order valence-electron chi connectivity index (χ2n) is 6.41. The van der Waals surface area contributed by atoms with Gasteiger partial charge in [0.25, 0.3) is 5.91 Å². The fourth-order valence-electron chi connectivity index (χ4n) is 2.85. The molecule has 3 rings (SSSR count). The highest BCUT2D eigenvalue weighted by Gasteiger charge is 2.33. The molecule has 30 heavy (non-hydrogen) atoms. The fraction of sp³-hybridized carbons (Fsp3) is 0.190. The minimum absolute atomic E-state index is 0.0142. The number of hydrogen-bond acceptors (Lipinski definition) is 5. The van der Waals surface area contributed by atoms with Crippen molar-refractivity contribution in [1.82, 2.24) is 0 Å². The normalized spacial score (nSPS) is 15.4. The number of methoxy groups -OCH3 is 1. The van der Waals surface area contributed by atoms with E-state index in [0.29, 0.717) is 11.3 Å². The molecule has 156 valence electrons. The van der Waals surface area contributed by atoms with Crippen molar-refractivity contribution in [3.05, 3.63) is 59.2 Å². The topological polar surface area (TPSA) is 68.2 Å². The van der Waals surface area contributed by atoms with Crippen molar-refractivity contribution in [2.24, 2.45) is 5.10 Å². The van der Waals surface area contributed by atoms with Crippen LogP contribution in [-0.4, -0.2) is 24.7 Å². The monoisotopic (exact) mass is 418 g/mol. The highest BCUT2D eigenvalue weighted by atomic mass is 19.4. The lowest BCUT2D eigenvalue weighted by Gasteiger charge is -2.14. The van der Waals surface area contributed by atoms with Gasteiger partial charge in [0.2, 0.25) is 0 Å². The number of ether oxygens (including phenoxy) is 2. The number of carbonyl (C=O) groups is 2. The summed E-state index contributed by atoms with van der Waals surface area (Å²) in [4.78, 5) is 24.0. The first kappa shape index (κ1) is 21.1. The molecule has 0 fully saturated rings. The molecule has 1 aliphatic heterocycles. The molecule has 0 radical (unpaired) electrons. The van der Waals surface area contributed by atoms with Crippen molar-refractivity contribution in [3.63, 3.8) is 0 Å². The molecule has 0 aliphatic carbocycles. The Morgan fingerprint density at radius 3 is 2.50 bits per heavy atom. The Bertz CT molecular complexity index is 1070. The summed E-state index contributed by atoms with van der Waals surface area (Å²) in [6, 6.07) is 9.09. The molecule has 2 aromatic carbocycles. The number of nitrogens with zero attached hydrogens (tertiary/aromatic N) is 2. The van der Waals surface area contributed by atoms with Crippen LogP contribution in [0.25, 0.3) is 6.08 Å². The van der Waals surface area contributed by atoms with Gasteiger partial charge in [-0.25, -0.2) is 0 Å². The van der Waals surface area contributed by atoms with Crippen LogP contribution >= 0.6 is 0 Å². The van der Waals surface area contributed by atoms with Crippen LogP contribution in [-0.2, 0) is 15.8 Å². The Hall–Kier alpha value is -3.62. The van der Waals surface area contributed by atoms with E-state index in [4.69, 9.17) is 9.47 Å². The first-order valence-electron chi connectivity index (χ1n) is 8.75. The van der Waals surface area contributed by atoms with Gasteiger partial charge in [0.15, 0.2) is 11.5 Å². The van der Waals surface area contributed by atoms with E-state index >= 15 is 0 Å². The molecule has 0 saturated heterocycles. The Morgan fingerprint density at radius 2 is 1.87 bits per heavy atom. The first-order valence-corrected chi connectivity index (χ1v) is 8.75. The molecule has 0 saturated carbocycles. The summed E-state index contributed by atoms with van der Waals surface area (Å²) in [5.74, 6) is -0.560. The van der Waals surface area contributed by atoms with Crippen molar-refractivity contribution >= 4 is 29.4 Å². The summed E-state index contributed by atoms with van der Waals surface area (Å²) in [7, 11) is 1.40. The van der Waals surface area contributed by atoms with E-state index in [1.165, 1.54) is 38.3 Å². The van der Waals surface area contributed by atoms with Gasteiger partial charge < -0.3 is 9.47 Å². The Morgan fingerprint density at radius 1 is 1.13 bits per heavy atom. The van der Waals surface area contributed by atoms with Gasteiger partial charge in [-0.2, -0.15) is 23.3 Å². The average molecular weight is 418 g/mol. The van der Waals surface area contributed by atoms with Gasteiger partial charge in [0, 0.05) is 6.92 Å². The Balaban J connectivity index is 1.93. The molecule has 0 spiro atoms. The minimum atomic E-state index is -4.53. The molecule has 1 aliphatic rings. The third-order valence-corrected chi connectivity index (χ3v) is 4.23. The van der Waals surface area contributed by atoms with Crippen LogP contribution in [0.3, 0.4) is 0 Å². The van der Waals surface area contributed by atoms with Gasteiger partial charge in [-0.15, -0.1) is 0 Å². The third-order valence-electron chi connectivity index (χ3n) is 4.23. The molecule has 1 heterocycles.